The van der Waals surface area contributed by atoms with Crippen LogP contribution < -0.4 is 0 Å². The van der Waals surface area contributed by atoms with Crippen LogP contribution in [0.5, 0.6) is 0 Å². The van der Waals surface area contributed by atoms with E-state index < -0.39 is 17.0 Å². The van der Waals surface area contributed by atoms with Gasteiger partial charge in [0, 0.05) is 18.7 Å². The van der Waals surface area contributed by atoms with Crippen LogP contribution in [0.1, 0.15) is 18.4 Å². The number of carbonyl (C=O) groups is 1. The molecule has 1 aromatic carbocycles. The fourth-order valence-electron chi connectivity index (χ4n) is 2.32. The fourth-order valence-corrected chi connectivity index (χ4v) is 2.32. The van der Waals surface area contributed by atoms with Crippen molar-refractivity contribution in [3.05, 3.63) is 35.4 Å². The Hall–Kier alpha value is -1.49. The predicted molar refractivity (Wildman–Crippen MR) is 66.4 cm³/mol. The molecule has 1 fully saturated rings. The van der Waals surface area contributed by atoms with Crippen LogP contribution in [0, 0.1) is 17.0 Å². The number of hydrogen-bond acceptors (Lipinski definition) is 3. The van der Waals surface area contributed by atoms with Crippen LogP contribution in [0.3, 0.4) is 0 Å². The Kier molecular flexibility index (Phi) is 3.85. The van der Waals surface area contributed by atoms with Crippen LogP contribution in [0.4, 0.5) is 8.78 Å². The van der Waals surface area contributed by atoms with Gasteiger partial charge in [-0.1, -0.05) is 0 Å². The molecule has 3 nitrogen and oxygen atoms in total. The number of esters is 1. The number of methoxy groups -OCH3 is 1. The zero-order valence-corrected chi connectivity index (χ0v) is 11.1. The summed E-state index contributed by atoms with van der Waals surface area (Å²) in [6, 6.07) is 3.39. The van der Waals surface area contributed by atoms with E-state index in [1.54, 1.807) is 7.05 Å². The molecule has 2 rings (SSSR count). The minimum absolute atomic E-state index is 0.223. The van der Waals surface area contributed by atoms with Gasteiger partial charge in [-0.15, -0.1) is 0 Å². The first-order valence-electron chi connectivity index (χ1n) is 6.18. The summed E-state index contributed by atoms with van der Waals surface area (Å²) < 4.78 is 31.4. The lowest BCUT2D eigenvalue weighted by Crippen LogP contribution is -2.32. The maximum absolute atomic E-state index is 13.5. The van der Waals surface area contributed by atoms with Crippen molar-refractivity contribution in [3.8, 4) is 0 Å². The number of nitrogens with zero attached hydrogens (tertiary/aromatic N) is 1. The van der Waals surface area contributed by atoms with Crippen LogP contribution in [0.25, 0.3) is 0 Å². The standard InChI is InChI=1S/C14H17F2NO2/c1-17(9-14(5-6-14)13(18)19-2)8-10-7-11(15)3-4-12(10)16/h3-4,7H,5-6,8-9H2,1-2H3. The fraction of sp³-hybridized carbons (Fsp3) is 0.500. The quantitative estimate of drug-likeness (QED) is 0.768. The second kappa shape index (κ2) is 5.25. The lowest BCUT2D eigenvalue weighted by molar-refractivity contribution is -0.147. The zero-order valence-electron chi connectivity index (χ0n) is 11.1. The average Bonchev–Trinajstić information content (AvgIpc) is 3.13. The molecule has 5 heteroatoms. The van der Waals surface area contributed by atoms with Crippen molar-refractivity contribution in [2.24, 2.45) is 5.41 Å². The number of hydrogen-bond donors (Lipinski definition) is 0. The molecule has 19 heavy (non-hydrogen) atoms. The molecule has 0 aromatic heterocycles. The molecule has 0 heterocycles. The Balaban J connectivity index is 2.00. The SMILES string of the molecule is COC(=O)C1(CN(C)Cc2cc(F)ccc2F)CC1. The molecule has 0 amide bonds. The number of carbonyl (C=O) groups excluding carboxylic acids is 1. The molecular formula is C14H17F2NO2. The molecule has 0 spiro atoms. The molecule has 0 unspecified atom stereocenters. The molecule has 1 aliphatic carbocycles. The molecule has 0 aliphatic heterocycles. The van der Waals surface area contributed by atoms with E-state index in [1.807, 2.05) is 4.90 Å². The maximum atomic E-state index is 13.5. The highest BCUT2D eigenvalue weighted by Crippen LogP contribution is 2.47. The van der Waals surface area contributed by atoms with Crippen LogP contribution in [0.15, 0.2) is 18.2 Å². The summed E-state index contributed by atoms with van der Waals surface area (Å²) in [4.78, 5) is 13.4. The number of benzene rings is 1. The second-order valence-electron chi connectivity index (χ2n) is 5.18. The summed E-state index contributed by atoms with van der Waals surface area (Å²) in [7, 11) is 3.15. The van der Waals surface area contributed by atoms with Gasteiger partial charge in [-0.2, -0.15) is 0 Å². The first-order valence-corrected chi connectivity index (χ1v) is 6.18. The molecular weight excluding hydrogens is 252 g/mol. The van der Waals surface area contributed by atoms with E-state index in [2.05, 4.69) is 0 Å². The Bertz CT molecular complexity index is 486. The summed E-state index contributed by atoms with van der Waals surface area (Å²) in [5, 5.41) is 0. The minimum Gasteiger partial charge on any atom is -0.469 e. The van der Waals surface area contributed by atoms with Gasteiger partial charge in [-0.3, -0.25) is 4.79 Å². The predicted octanol–water partition coefficient (Wildman–Crippen LogP) is 2.35. The lowest BCUT2D eigenvalue weighted by Gasteiger charge is -2.22. The van der Waals surface area contributed by atoms with E-state index in [1.165, 1.54) is 13.2 Å². The van der Waals surface area contributed by atoms with Crippen molar-refractivity contribution < 1.29 is 18.3 Å². The summed E-state index contributed by atoms with van der Waals surface area (Å²) >= 11 is 0. The Labute approximate surface area is 111 Å². The van der Waals surface area contributed by atoms with E-state index in [-0.39, 0.29) is 12.5 Å². The third-order valence-electron chi connectivity index (χ3n) is 3.49. The van der Waals surface area contributed by atoms with Crippen molar-refractivity contribution in [1.82, 2.24) is 4.90 Å². The van der Waals surface area contributed by atoms with Crippen LogP contribution in [-0.4, -0.2) is 31.6 Å². The zero-order chi connectivity index (χ0) is 14.0. The largest absolute Gasteiger partial charge is 0.469 e. The van der Waals surface area contributed by atoms with E-state index in [0.717, 1.165) is 25.0 Å². The van der Waals surface area contributed by atoms with Crippen molar-refractivity contribution >= 4 is 5.97 Å². The smallest absolute Gasteiger partial charge is 0.313 e. The monoisotopic (exact) mass is 269 g/mol. The van der Waals surface area contributed by atoms with Crippen molar-refractivity contribution in [2.75, 3.05) is 20.7 Å². The molecule has 1 aliphatic rings. The third kappa shape index (κ3) is 3.10. The maximum Gasteiger partial charge on any atom is 0.313 e. The van der Waals surface area contributed by atoms with E-state index in [4.69, 9.17) is 4.74 Å². The van der Waals surface area contributed by atoms with Crippen molar-refractivity contribution in [3.63, 3.8) is 0 Å². The van der Waals surface area contributed by atoms with E-state index in [9.17, 15) is 13.6 Å². The highest BCUT2D eigenvalue weighted by molar-refractivity contribution is 5.80. The molecule has 1 saturated carbocycles. The van der Waals surface area contributed by atoms with Crippen molar-refractivity contribution in [2.45, 2.75) is 19.4 Å². The molecule has 104 valence electrons. The Morgan fingerprint density at radius 1 is 1.42 bits per heavy atom. The van der Waals surface area contributed by atoms with E-state index in [0.29, 0.717) is 12.1 Å². The van der Waals surface area contributed by atoms with Crippen LogP contribution in [0.2, 0.25) is 0 Å². The Morgan fingerprint density at radius 2 is 2.11 bits per heavy atom. The first-order chi connectivity index (χ1) is 8.97. The molecule has 0 N–H and O–H groups in total. The summed E-state index contributed by atoms with van der Waals surface area (Å²) in [5.41, 5.74) is -0.156. The van der Waals surface area contributed by atoms with Crippen molar-refractivity contribution in [1.29, 1.82) is 0 Å². The Morgan fingerprint density at radius 3 is 2.68 bits per heavy atom. The molecule has 0 radical (unpaired) electrons. The topological polar surface area (TPSA) is 29.5 Å². The summed E-state index contributed by atoms with van der Waals surface area (Å²) in [6.07, 6.45) is 1.57. The van der Waals surface area contributed by atoms with Gasteiger partial charge in [-0.25, -0.2) is 8.78 Å². The molecule has 1 aromatic rings. The number of rotatable bonds is 5. The van der Waals surface area contributed by atoms with Crippen LogP contribution >= 0.6 is 0 Å². The van der Waals surface area contributed by atoms with Gasteiger partial charge in [0.25, 0.3) is 0 Å². The second-order valence-corrected chi connectivity index (χ2v) is 5.18. The van der Waals surface area contributed by atoms with Crippen LogP contribution in [-0.2, 0) is 16.1 Å². The normalized spacial score (nSPS) is 16.5. The molecule has 0 saturated heterocycles. The average molecular weight is 269 g/mol. The molecule has 0 bridgehead atoms. The third-order valence-corrected chi connectivity index (χ3v) is 3.49. The van der Waals surface area contributed by atoms with E-state index >= 15 is 0 Å². The van der Waals surface area contributed by atoms with Gasteiger partial charge in [0.15, 0.2) is 0 Å². The van der Waals surface area contributed by atoms with Gasteiger partial charge in [-0.05, 0) is 38.1 Å². The highest BCUT2D eigenvalue weighted by Gasteiger charge is 2.51. The van der Waals surface area contributed by atoms with Gasteiger partial charge >= 0.3 is 5.97 Å². The van der Waals surface area contributed by atoms with Gasteiger partial charge in [0.2, 0.25) is 0 Å². The first kappa shape index (κ1) is 13.9. The lowest BCUT2D eigenvalue weighted by atomic mass is 10.1. The summed E-state index contributed by atoms with van der Waals surface area (Å²) in [5.74, 6) is -1.12. The highest BCUT2D eigenvalue weighted by atomic mass is 19.1. The molecule has 0 atom stereocenters. The number of ether oxygens (including phenoxy) is 1. The van der Waals surface area contributed by atoms with Gasteiger partial charge < -0.3 is 9.64 Å². The summed E-state index contributed by atoms with van der Waals surface area (Å²) in [6.45, 7) is 0.762. The minimum atomic E-state index is -0.459. The number of halogens is 2. The van der Waals surface area contributed by atoms with Gasteiger partial charge in [0.05, 0.1) is 12.5 Å². The van der Waals surface area contributed by atoms with Gasteiger partial charge in [0.1, 0.15) is 11.6 Å².